The van der Waals surface area contributed by atoms with Crippen molar-refractivity contribution in [3.8, 4) is 5.75 Å². The number of benzene rings is 2. The maximum atomic E-state index is 9.35. The molecule has 0 aliphatic carbocycles. The largest absolute Gasteiger partial charge is 0.497 e. The number of ether oxygens (including phenoxy) is 1. The number of aliphatic hydroxyl groups is 1. The molecule has 0 aliphatic heterocycles. The summed E-state index contributed by atoms with van der Waals surface area (Å²) in [5, 5.41) is 12.8. The summed E-state index contributed by atoms with van der Waals surface area (Å²) < 4.78 is 5.22. The predicted molar refractivity (Wildman–Crippen MR) is 80.8 cm³/mol. The van der Waals surface area contributed by atoms with Crippen LogP contribution in [0.25, 0.3) is 0 Å². The summed E-state index contributed by atoms with van der Waals surface area (Å²) in [6.45, 7) is 1.70. The molecule has 0 unspecified atom stereocenters. The third kappa shape index (κ3) is 4.08. The van der Waals surface area contributed by atoms with Gasteiger partial charge in [-0.3, -0.25) is 0 Å². The molecule has 0 atom stereocenters. The molecule has 0 spiro atoms. The van der Waals surface area contributed by atoms with Crippen LogP contribution >= 0.6 is 0 Å². The molecule has 3 nitrogen and oxygen atoms in total. The first-order valence-electron chi connectivity index (χ1n) is 6.85. The second kappa shape index (κ2) is 7.68. The fourth-order valence-electron chi connectivity index (χ4n) is 2.15. The normalized spacial score (nSPS) is 10.5. The molecule has 3 heteroatoms. The first kappa shape index (κ1) is 14.6. The van der Waals surface area contributed by atoms with E-state index in [1.165, 1.54) is 5.56 Å². The van der Waals surface area contributed by atoms with Gasteiger partial charge in [0.25, 0.3) is 0 Å². The van der Waals surface area contributed by atoms with Crippen molar-refractivity contribution < 1.29 is 9.84 Å². The Balaban J connectivity index is 1.87. The lowest BCUT2D eigenvalue weighted by molar-refractivity contribution is 0.280. The van der Waals surface area contributed by atoms with Gasteiger partial charge in [-0.25, -0.2) is 0 Å². The van der Waals surface area contributed by atoms with E-state index in [9.17, 15) is 5.11 Å². The van der Waals surface area contributed by atoms with E-state index in [-0.39, 0.29) is 6.61 Å². The second-order valence-electron chi connectivity index (χ2n) is 4.71. The molecule has 0 amide bonds. The van der Waals surface area contributed by atoms with E-state index in [1.807, 2.05) is 24.3 Å². The van der Waals surface area contributed by atoms with Crippen LogP contribution < -0.4 is 10.1 Å². The van der Waals surface area contributed by atoms with Gasteiger partial charge in [0.2, 0.25) is 0 Å². The van der Waals surface area contributed by atoms with Gasteiger partial charge < -0.3 is 15.2 Å². The van der Waals surface area contributed by atoms with Gasteiger partial charge in [-0.2, -0.15) is 0 Å². The van der Waals surface area contributed by atoms with Gasteiger partial charge in [0.05, 0.1) is 13.7 Å². The number of hydrogen-bond acceptors (Lipinski definition) is 3. The minimum absolute atomic E-state index is 0.0553. The van der Waals surface area contributed by atoms with Crippen LogP contribution in [0.3, 0.4) is 0 Å². The third-order valence-electron chi connectivity index (χ3n) is 3.33. The minimum atomic E-state index is 0.0553. The highest BCUT2D eigenvalue weighted by Crippen LogP contribution is 2.17. The molecule has 0 aliphatic rings. The molecule has 0 saturated heterocycles. The van der Waals surface area contributed by atoms with E-state index in [4.69, 9.17) is 4.74 Å². The molecule has 0 aromatic heterocycles. The molecule has 0 bridgehead atoms. The minimum Gasteiger partial charge on any atom is -0.497 e. The summed E-state index contributed by atoms with van der Waals surface area (Å²) in [6, 6.07) is 16.2. The van der Waals surface area contributed by atoms with E-state index in [1.54, 1.807) is 7.11 Å². The first-order chi connectivity index (χ1) is 9.83. The average molecular weight is 271 g/mol. The summed E-state index contributed by atoms with van der Waals surface area (Å²) in [5.41, 5.74) is 3.35. The van der Waals surface area contributed by atoms with Crippen molar-refractivity contribution in [3.63, 3.8) is 0 Å². The van der Waals surface area contributed by atoms with Gasteiger partial charge in [0.15, 0.2) is 0 Å². The summed E-state index contributed by atoms with van der Waals surface area (Å²) in [5.74, 6) is 0.821. The van der Waals surface area contributed by atoms with Gasteiger partial charge in [-0.1, -0.05) is 36.4 Å². The second-order valence-corrected chi connectivity index (χ2v) is 4.71. The fraction of sp³-hybridized carbons (Fsp3) is 0.294. The molecular formula is C17H21NO2. The topological polar surface area (TPSA) is 41.5 Å². The van der Waals surface area contributed by atoms with Crippen LogP contribution in [-0.4, -0.2) is 18.8 Å². The van der Waals surface area contributed by atoms with Gasteiger partial charge >= 0.3 is 0 Å². The van der Waals surface area contributed by atoms with Crippen LogP contribution in [0.1, 0.15) is 16.7 Å². The summed E-state index contributed by atoms with van der Waals surface area (Å²) in [6.07, 6.45) is 0.999. The van der Waals surface area contributed by atoms with Crippen molar-refractivity contribution in [1.29, 1.82) is 0 Å². The smallest absolute Gasteiger partial charge is 0.119 e. The number of nitrogens with one attached hydrogen (secondary N) is 1. The standard InChI is InChI=1S/C17H21NO2/c1-20-17-8-7-15(13-19)16(11-17)12-18-10-9-14-5-3-2-4-6-14/h2-8,11,18-19H,9-10,12-13H2,1H3. The Bertz CT molecular complexity index is 526. The monoisotopic (exact) mass is 271 g/mol. The maximum absolute atomic E-state index is 9.35. The van der Waals surface area contributed by atoms with Crippen molar-refractivity contribution in [2.24, 2.45) is 0 Å². The zero-order chi connectivity index (χ0) is 14.2. The highest BCUT2D eigenvalue weighted by Gasteiger charge is 2.03. The van der Waals surface area contributed by atoms with Gasteiger partial charge in [-0.05, 0) is 41.8 Å². The van der Waals surface area contributed by atoms with Crippen molar-refractivity contribution >= 4 is 0 Å². The van der Waals surface area contributed by atoms with Crippen molar-refractivity contribution in [3.05, 3.63) is 65.2 Å². The summed E-state index contributed by atoms with van der Waals surface area (Å²) >= 11 is 0. The van der Waals surface area contributed by atoms with Crippen LogP contribution in [0, 0.1) is 0 Å². The van der Waals surface area contributed by atoms with E-state index < -0.39 is 0 Å². The SMILES string of the molecule is COc1ccc(CO)c(CNCCc2ccccc2)c1. The van der Waals surface area contributed by atoms with Gasteiger partial charge in [-0.15, -0.1) is 0 Å². The average Bonchev–Trinajstić information content (AvgIpc) is 2.52. The Morgan fingerprint density at radius 1 is 1.05 bits per heavy atom. The molecular weight excluding hydrogens is 250 g/mol. The quantitative estimate of drug-likeness (QED) is 0.760. The fourth-order valence-corrected chi connectivity index (χ4v) is 2.15. The van der Waals surface area contributed by atoms with Gasteiger partial charge in [0, 0.05) is 6.54 Å². The molecule has 20 heavy (non-hydrogen) atoms. The van der Waals surface area contributed by atoms with E-state index >= 15 is 0 Å². The lowest BCUT2D eigenvalue weighted by atomic mass is 10.1. The molecule has 2 N–H and O–H groups in total. The van der Waals surface area contributed by atoms with E-state index in [2.05, 4.69) is 29.6 Å². The molecule has 2 aromatic rings. The predicted octanol–water partition coefficient (Wildman–Crippen LogP) is 2.52. The van der Waals surface area contributed by atoms with Crippen molar-refractivity contribution in [2.45, 2.75) is 19.6 Å². The first-order valence-corrected chi connectivity index (χ1v) is 6.85. The molecule has 106 valence electrons. The third-order valence-corrected chi connectivity index (χ3v) is 3.33. The highest BCUT2D eigenvalue weighted by atomic mass is 16.5. The molecule has 0 saturated carbocycles. The van der Waals surface area contributed by atoms with Crippen molar-refractivity contribution in [1.82, 2.24) is 5.32 Å². The highest BCUT2D eigenvalue weighted by molar-refractivity contribution is 5.35. The summed E-state index contributed by atoms with van der Waals surface area (Å²) in [4.78, 5) is 0. The van der Waals surface area contributed by atoms with Crippen LogP contribution in [0.15, 0.2) is 48.5 Å². The molecule has 0 heterocycles. The molecule has 0 fully saturated rings. The maximum Gasteiger partial charge on any atom is 0.119 e. The Labute approximate surface area is 120 Å². The molecule has 0 radical (unpaired) electrons. The zero-order valence-electron chi connectivity index (χ0n) is 11.8. The van der Waals surface area contributed by atoms with Crippen LogP contribution in [-0.2, 0) is 19.6 Å². The lowest BCUT2D eigenvalue weighted by Gasteiger charge is -2.11. The Hall–Kier alpha value is -1.84. The van der Waals surface area contributed by atoms with Gasteiger partial charge in [0.1, 0.15) is 5.75 Å². The lowest BCUT2D eigenvalue weighted by Crippen LogP contribution is -2.17. The summed E-state index contributed by atoms with van der Waals surface area (Å²) in [7, 11) is 1.65. The number of methoxy groups -OCH3 is 1. The zero-order valence-corrected chi connectivity index (χ0v) is 11.8. The Kier molecular flexibility index (Phi) is 5.59. The van der Waals surface area contributed by atoms with Crippen LogP contribution in [0.4, 0.5) is 0 Å². The number of hydrogen-bond donors (Lipinski definition) is 2. The molecule has 2 aromatic carbocycles. The van der Waals surface area contributed by atoms with E-state index in [0.29, 0.717) is 0 Å². The molecule has 2 rings (SSSR count). The number of rotatable bonds is 7. The van der Waals surface area contributed by atoms with E-state index in [0.717, 1.165) is 36.4 Å². The van der Waals surface area contributed by atoms with Crippen LogP contribution in [0.2, 0.25) is 0 Å². The number of aliphatic hydroxyl groups excluding tert-OH is 1. The Morgan fingerprint density at radius 2 is 1.85 bits per heavy atom. The Morgan fingerprint density at radius 3 is 2.55 bits per heavy atom. The van der Waals surface area contributed by atoms with Crippen molar-refractivity contribution in [2.75, 3.05) is 13.7 Å². The van der Waals surface area contributed by atoms with Crippen LogP contribution in [0.5, 0.6) is 5.75 Å².